The largest absolute Gasteiger partial charge is 0.478 e. The number of sulfonamides is 1. The van der Waals surface area contributed by atoms with E-state index in [1.165, 1.54) is 6.08 Å². The zero-order valence-corrected chi connectivity index (χ0v) is 11.0. The summed E-state index contributed by atoms with van der Waals surface area (Å²) in [5.74, 6) is -1.28. The molecule has 0 atom stereocenters. The number of carboxylic acid groups (broad SMARTS) is 1. The highest BCUT2D eigenvalue weighted by atomic mass is 32.2. The van der Waals surface area contributed by atoms with E-state index >= 15 is 0 Å². The standard InChI is InChI=1S/C11H12N2O6S/c1-2-5-19-11(16)13-8-6-7(10(14)15)3-4-9(8)20(12,17)18/h2-4,6H,1,5H2,(H,13,16)(H,14,15)(H2,12,17,18). The van der Waals surface area contributed by atoms with Crippen molar-refractivity contribution >= 4 is 27.8 Å². The first-order chi connectivity index (χ1) is 9.25. The Morgan fingerprint density at radius 2 is 2.10 bits per heavy atom. The Bertz CT molecular complexity index is 653. The van der Waals surface area contributed by atoms with Gasteiger partial charge in [-0.25, -0.2) is 23.1 Å². The van der Waals surface area contributed by atoms with Gasteiger partial charge in [-0.15, -0.1) is 0 Å². The van der Waals surface area contributed by atoms with E-state index in [0.717, 1.165) is 18.2 Å². The number of nitrogens with one attached hydrogen (secondary N) is 1. The maximum atomic E-state index is 11.4. The number of carbonyl (C=O) groups is 2. The molecule has 0 unspecified atom stereocenters. The summed E-state index contributed by atoms with van der Waals surface area (Å²) in [6.45, 7) is 3.25. The molecule has 1 amide bonds. The lowest BCUT2D eigenvalue weighted by Gasteiger charge is -2.10. The smallest absolute Gasteiger partial charge is 0.411 e. The maximum Gasteiger partial charge on any atom is 0.411 e. The number of carboxylic acids is 1. The fourth-order valence-corrected chi connectivity index (χ4v) is 1.96. The van der Waals surface area contributed by atoms with Gasteiger partial charge in [-0.3, -0.25) is 5.32 Å². The normalized spacial score (nSPS) is 10.7. The average Bonchev–Trinajstić information content (AvgIpc) is 2.34. The van der Waals surface area contributed by atoms with Gasteiger partial charge >= 0.3 is 12.1 Å². The Kier molecular flexibility index (Phi) is 4.83. The Labute approximate surface area is 114 Å². The SMILES string of the molecule is C=CCOC(=O)Nc1cc(C(=O)O)ccc1S(N)(=O)=O. The molecule has 1 aromatic carbocycles. The van der Waals surface area contributed by atoms with Gasteiger partial charge in [0.05, 0.1) is 11.3 Å². The van der Waals surface area contributed by atoms with E-state index in [4.69, 9.17) is 10.2 Å². The molecule has 8 nitrogen and oxygen atoms in total. The minimum absolute atomic E-state index is 0.0881. The molecule has 4 N–H and O–H groups in total. The molecule has 0 aliphatic carbocycles. The molecule has 0 saturated heterocycles. The zero-order valence-electron chi connectivity index (χ0n) is 10.2. The maximum absolute atomic E-state index is 11.4. The van der Waals surface area contributed by atoms with Crippen LogP contribution in [0.5, 0.6) is 0 Å². The van der Waals surface area contributed by atoms with Crippen LogP contribution in [0.15, 0.2) is 35.7 Å². The van der Waals surface area contributed by atoms with Crippen molar-refractivity contribution in [1.82, 2.24) is 0 Å². The number of primary sulfonamides is 1. The molecule has 1 rings (SSSR count). The Hall–Kier alpha value is -2.39. The van der Waals surface area contributed by atoms with E-state index in [1.807, 2.05) is 0 Å². The summed E-state index contributed by atoms with van der Waals surface area (Å²) in [5.41, 5.74) is -0.488. The molecule has 1 aromatic rings. The second-order valence-electron chi connectivity index (χ2n) is 3.57. The predicted octanol–water partition coefficient (Wildman–Crippen LogP) is 0.767. The molecule has 0 aliphatic rings. The van der Waals surface area contributed by atoms with Gasteiger partial charge in [-0.05, 0) is 18.2 Å². The molecule has 0 spiro atoms. The first kappa shape index (κ1) is 15.7. The second kappa shape index (κ2) is 6.17. The summed E-state index contributed by atoms with van der Waals surface area (Å²) in [6, 6.07) is 3.02. The van der Waals surface area contributed by atoms with Crippen LogP contribution in [-0.2, 0) is 14.8 Å². The van der Waals surface area contributed by atoms with Crippen molar-refractivity contribution in [3.8, 4) is 0 Å². The number of hydrogen-bond acceptors (Lipinski definition) is 5. The van der Waals surface area contributed by atoms with Crippen LogP contribution < -0.4 is 10.5 Å². The highest BCUT2D eigenvalue weighted by molar-refractivity contribution is 7.89. The number of ether oxygens (including phenoxy) is 1. The molecule has 0 aliphatic heterocycles. The lowest BCUT2D eigenvalue weighted by Crippen LogP contribution is -2.19. The first-order valence-electron chi connectivity index (χ1n) is 5.20. The quantitative estimate of drug-likeness (QED) is 0.687. The van der Waals surface area contributed by atoms with Crippen molar-refractivity contribution in [3.05, 3.63) is 36.4 Å². The first-order valence-corrected chi connectivity index (χ1v) is 6.75. The summed E-state index contributed by atoms with van der Waals surface area (Å²) in [4.78, 5) is 21.8. The Morgan fingerprint density at radius 3 is 2.60 bits per heavy atom. The van der Waals surface area contributed by atoms with Crippen molar-refractivity contribution in [2.24, 2.45) is 5.14 Å². The van der Waals surface area contributed by atoms with Crippen molar-refractivity contribution in [3.63, 3.8) is 0 Å². The van der Waals surface area contributed by atoms with Crippen LogP contribution in [0, 0.1) is 0 Å². The molecular weight excluding hydrogens is 288 g/mol. The molecule has 0 saturated carbocycles. The molecule has 9 heteroatoms. The van der Waals surface area contributed by atoms with Gasteiger partial charge in [0.15, 0.2) is 0 Å². The van der Waals surface area contributed by atoms with E-state index in [1.54, 1.807) is 0 Å². The highest BCUT2D eigenvalue weighted by Gasteiger charge is 2.18. The van der Waals surface area contributed by atoms with Crippen molar-refractivity contribution < 1.29 is 27.9 Å². The lowest BCUT2D eigenvalue weighted by atomic mass is 10.2. The summed E-state index contributed by atoms with van der Waals surface area (Å²) in [5, 5.41) is 15.9. The number of aromatic carboxylic acids is 1. The number of hydrogen-bond donors (Lipinski definition) is 3. The predicted molar refractivity (Wildman–Crippen MR) is 69.9 cm³/mol. The van der Waals surface area contributed by atoms with E-state index in [9.17, 15) is 18.0 Å². The molecule has 20 heavy (non-hydrogen) atoms. The van der Waals surface area contributed by atoms with Crippen LogP contribution in [0.1, 0.15) is 10.4 Å². The van der Waals surface area contributed by atoms with Crippen molar-refractivity contribution in [2.45, 2.75) is 4.90 Å². The number of nitrogens with two attached hydrogens (primary N) is 1. The summed E-state index contributed by atoms with van der Waals surface area (Å²) >= 11 is 0. The van der Waals surface area contributed by atoms with E-state index in [-0.39, 0.29) is 17.9 Å². The summed E-state index contributed by atoms with van der Waals surface area (Å²) in [7, 11) is -4.13. The van der Waals surface area contributed by atoms with Gasteiger partial charge in [-0.1, -0.05) is 12.7 Å². The monoisotopic (exact) mass is 300 g/mol. The van der Waals surface area contributed by atoms with E-state index in [2.05, 4.69) is 16.6 Å². The number of benzene rings is 1. The van der Waals surface area contributed by atoms with Gasteiger partial charge in [0.2, 0.25) is 10.0 Å². The number of amides is 1. The van der Waals surface area contributed by atoms with E-state index in [0.29, 0.717) is 0 Å². The topological polar surface area (TPSA) is 136 Å². The lowest BCUT2D eigenvalue weighted by molar-refractivity contribution is 0.0696. The van der Waals surface area contributed by atoms with Gasteiger partial charge < -0.3 is 9.84 Å². The number of rotatable bonds is 5. The van der Waals surface area contributed by atoms with Crippen LogP contribution >= 0.6 is 0 Å². The van der Waals surface area contributed by atoms with Crippen LogP contribution in [0.3, 0.4) is 0 Å². The Morgan fingerprint density at radius 1 is 1.45 bits per heavy atom. The van der Waals surface area contributed by atoms with Crippen molar-refractivity contribution in [2.75, 3.05) is 11.9 Å². The summed E-state index contributed by atoms with van der Waals surface area (Å²) in [6.07, 6.45) is 0.353. The molecular formula is C11H12N2O6S. The molecule has 108 valence electrons. The molecule has 0 radical (unpaired) electrons. The average molecular weight is 300 g/mol. The van der Waals surface area contributed by atoms with Crippen LogP contribution in [0.4, 0.5) is 10.5 Å². The zero-order chi connectivity index (χ0) is 15.3. The third-order valence-corrected chi connectivity index (χ3v) is 3.07. The fraction of sp³-hybridized carbons (Fsp3) is 0.0909. The number of anilines is 1. The molecule has 0 fully saturated rings. The molecule has 0 aromatic heterocycles. The van der Waals surface area contributed by atoms with E-state index < -0.39 is 27.0 Å². The number of carbonyl (C=O) groups excluding carboxylic acids is 1. The van der Waals surface area contributed by atoms with Crippen LogP contribution in [0.25, 0.3) is 0 Å². The molecule has 0 heterocycles. The third kappa shape index (κ3) is 4.07. The Balaban J connectivity index is 3.18. The van der Waals surface area contributed by atoms with Gasteiger partial charge in [-0.2, -0.15) is 0 Å². The summed E-state index contributed by atoms with van der Waals surface area (Å²) < 4.78 is 27.3. The third-order valence-electron chi connectivity index (χ3n) is 2.10. The van der Waals surface area contributed by atoms with Crippen LogP contribution in [-0.4, -0.2) is 32.2 Å². The minimum atomic E-state index is -4.13. The second-order valence-corrected chi connectivity index (χ2v) is 5.10. The highest BCUT2D eigenvalue weighted by Crippen LogP contribution is 2.22. The van der Waals surface area contributed by atoms with Gasteiger partial charge in [0.25, 0.3) is 0 Å². The van der Waals surface area contributed by atoms with Crippen LogP contribution in [0.2, 0.25) is 0 Å². The minimum Gasteiger partial charge on any atom is -0.478 e. The van der Waals surface area contributed by atoms with Gasteiger partial charge in [0, 0.05) is 0 Å². The fourth-order valence-electron chi connectivity index (χ4n) is 1.29. The van der Waals surface area contributed by atoms with Gasteiger partial charge in [0.1, 0.15) is 11.5 Å². The van der Waals surface area contributed by atoms with Crippen molar-refractivity contribution in [1.29, 1.82) is 0 Å². The molecule has 0 bridgehead atoms.